The minimum absolute atomic E-state index is 0.169. The van der Waals surface area contributed by atoms with Crippen molar-refractivity contribution in [2.75, 3.05) is 12.4 Å². The van der Waals surface area contributed by atoms with Gasteiger partial charge in [0.15, 0.2) is 0 Å². The number of carbonyl (C=O) groups excluding carboxylic acids is 1. The summed E-state index contributed by atoms with van der Waals surface area (Å²) in [5.74, 6) is 0.808. The Balaban J connectivity index is 1.59. The highest BCUT2D eigenvalue weighted by Crippen LogP contribution is 2.37. The average molecular weight is 432 g/mol. The molecule has 1 aromatic heterocycles. The molecule has 0 spiro atoms. The first kappa shape index (κ1) is 20.7. The van der Waals surface area contributed by atoms with Gasteiger partial charge < -0.3 is 14.5 Å². The van der Waals surface area contributed by atoms with Crippen LogP contribution in [0.3, 0.4) is 0 Å². The molecule has 0 radical (unpaired) electrons. The van der Waals surface area contributed by atoms with Crippen LogP contribution in [-0.2, 0) is 4.79 Å². The van der Waals surface area contributed by atoms with Crippen LogP contribution in [0.5, 0.6) is 5.75 Å². The van der Waals surface area contributed by atoms with E-state index in [1.54, 1.807) is 7.11 Å². The first-order chi connectivity index (χ1) is 15.1. The number of hydrogen-bond acceptors (Lipinski definition) is 6. The standard InChI is InChI=1S/C24H21N3O3S/c1-16-12-14-18(15-13-16)25-22(28)21(17-8-4-3-5-9-17)31-24-27-26-23(30-24)19-10-6-7-11-20(19)29-2/h3-15,21H,1-2H3,(H,25,28). The van der Waals surface area contributed by atoms with Crippen molar-refractivity contribution in [1.82, 2.24) is 10.2 Å². The normalized spacial score (nSPS) is 11.7. The second kappa shape index (κ2) is 9.49. The molecule has 1 atom stereocenters. The van der Waals surface area contributed by atoms with E-state index in [9.17, 15) is 4.79 Å². The quantitative estimate of drug-likeness (QED) is 0.388. The van der Waals surface area contributed by atoms with Crippen molar-refractivity contribution < 1.29 is 13.9 Å². The van der Waals surface area contributed by atoms with E-state index in [-0.39, 0.29) is 5.91 Å². The molecule has 0 bridgehead atoms. The van der Waals surface area contributed by atoms with E-state index >= 15 is 0 Å². The van der Waals surface area contributed by atoms with Gasteiger partial charge in [-0.3, -0.25) is 4.79 Å². The van der Waals surface area contributed by atoms with Crippen LogP contribution in [0.25, 0.3) is 11.5 Å². The van der Waals surface area contributed by atoms with Gasteiger partial charge in [0, 0.05) is 5.69 Å². The van der Waals surface area contributed by atoms with Crippen molar-refractivity contribution >= 4 is 23.4 Å². The van der Waals surface area contributed by atoms with Crippen LogP contribution in [0.1, 0.15) is 16.4 Å². The molecule has 1 unspecified atom stereocenters. The molecule has 3 aromatic carbocycles. The number of methoxy groups -OCH3 is 1. The van der Waals surface area contributed by atoms with Crippen molar-refractivity contribution in [3.05, 3.63) is 90.0 Å². The molecule has 0 aliphatic carbocycles. The monoisotopic (exact) mass is 431 g/mol. The Morgan fingerprint density at radius 3 is 2.42 bits per heavy atom. The van der Waals surface area contributed by atoms with Crippen molar-refractivity contribution in [3.8, 4) is 17.2 Å². The van der Waals surface area contributed by atoms with Crippen LogP contribution in [0.2, 0.25) is 0 Å². The second-order valence-electron chi connectivity index (χ2n) is 6.84. The lowest BCUT2D eigenvalue weighted by atomic mass is 10.1. The average Bonchev–Trinajstić information content (AvgIpc) is 3.28. The van der Waals surface area contributed by atoms with E-state index in [0.717, 1.165) is 16.8 Å². The predicted octanol–water partition coefficient (Wildman–Crippen LogP) is 5.53. The van der Waals surface area contributed by atoms with Gasteiger partial charge in [0.05, 0.1) is 12.7 Å². The molecular weight excluding hydrogens is 410 g/mol. The summed E-state index contributed by atoms with van der Waals surface area (Å²) in [6.07, 6.45) is 0. The number of thioether (sulfide) groups is 1. The zero-order valence-electron chi connectivity index (χ0n) is 17.1. The summed E-state index contributed by atoms with van der Waals surface area (Å²) < 4.78 is 11.2. The van der Waals surface area contributed by atoms with Crippen molar-refractivity contribution in [2.45, 2.75) is 17.4 Å². The molecule has 4 rings (SSSR count). The maximum atomic E-state index is 13.1. The Morgan fingerprint density at radius 1 is 0.968 bits per heavy atom. The number of rotatable bonds is 7. The van der Waals surface area contributed by atoms with Crippen LogP contribution in [0.4, 0.5) is 5.69 Å². The highest BCUT2D eigenvalue weighted by molar-refractivity contribution is 8.00. The van der Waals surface area contributed by atoms with E-state index in [1.807, 2.05) is 85.8 Å². The number of nitrogens with one attached hydrogen (secondary N) is 1. The number of para-hydroxylation sites is 1. The number of anilines is 1. The van der Waals surface area contributed by atoms with E-state index in [1.165, 1.54) is 11.8 Å². The van der Waals surface area contributed by atoms with Gasteiger partial charge in [0.25, 0.3) is 11.1 Å². The fraction of sp³-hybridized carbons (Fsp3) is 0.125. The van der Waals surface area contributed by atoms with Gasteiger partial charge in [0.2, 0.25) is 5.91 Å². The molecule has 31 heavy (non-hydrogen) atoms. The van der Waals surface area contributed by atoms with Gasteiger partial charge in [-0.2, -0.15) is 0 Å². The van der Waals surface area contributed by atoms with Crippen molar-refractivity contribution in [3.63, 3.8) is 0 Å². The summed E-state index contributed by atoms with van der Waals surface area (Å²) in [6, 6.07) is 24.6. The molecule has 6 nitrogen and oxygen atoms in total. The van der Waals surface area contributed by atoms with Crippen LogP contribution in [-0.4, -0.2) is 23.2 Å². The molecule has 1 amide bonds. The molecule has 7 heteroatoms. The second-order valence-corrected chi connectivity index (χ2v) is 7.89. The van der Waals surface area contributed by atoms with Crippen molar-refractivity contribution in [2.24, 2.45) is 0 Å². The fourth-order valence-corrected chi connectivity index (χ4v) is 3.91. The number of hydrogen-bond donors (Lipinski definition) is 1. The Hall–Kier alpha value is -3.58. The maximum Gasteiger partial charge on any atom is 0.277 e. The van der Waals surface area contributed by atoms with Crippen LogP contribution in [0.15, 0.2) is 88.5 Å². The zero-order chi connectivity index (χ0) is 21.6. The predicted molar refractivity (Wildman–Crippen MR) is 121 cm³/mol. The molecule has 1 heterocycles. The third-order valence-corrected chi connectivity index (χ3v) is 5.71. The van der Waals surface area contributed by atoms with Crippen LogP contribution in [0, 0.1) is 6.92 Å². The minimum Gasteiger partial charge on any atom is -0.496 e. The molecule has 4 aromatic rings. The molecule has 1 N–H and O–H groups in total. The molecule has 0 saturated heterocycles. The highest BCUT2D eigenvalue weighted by atomic mass is 32.2. The number of amides is 1. The SMILES string of the molecule is COc1ccccc1-c1nnc(SC(C(=O)Nc2ccc(C)cc2)c2ccccc2)o1. The van der Waals surface area contributed by atoms with E-state index < -0.39 is 5.25 Å². The van der Waals surface area contributed by atoms with Gasteiger partial charge in [0.1, 0.15) is 11.0 Å². The molecule has 156 valence electrons. The number of ether oxygens (including phenoxy) is 1. The van der Waals surface area contributed by atoms with Crippen LogP contribution >= 0.6 is 11.8 Å². The lowest BCUT2D eigenvalue weighted by Gasteiger charge is -2.15. The summed E-state index contributed by atoms with van der Waals surface area (Å²) in [5, 5.41) is 11.0. The van der Waals surface area contributed by atoms with Gasteiger partial charge in [-0.1, -0.05) is 60.2 Å². The number of benzene rings is 3. The van der Waals surface area contributed by atoms with E-state index in [0.29, 0.717) is 22.4 Å². The molecule has 0 aliphatic rings. The molecule has 0 aliphatic heterocycles. The Bertz CT molecular complexity index is 1160. The Labute approximate surface area is 184 Å². The number of carbonyl (C=O) groups is 1. The first-order valence-corrected chi connectivity index (χ1v) is 10.6. The van der Waals surface area contributed by atoms with Gasteiger partial charge >= 0.3 is 0 Å². The maximum absolute atomic E-state index is 13.1. The van der Waals surface area contributed by atoms with Crippen LogP contribution < -0.4 is 10.1 Å². The third kappa shape index (κ3) is 4.95. The van der Waals surface area contributed by atoms with E-state index in [4.69, 9.17) is 9.15 Å². The summed E-state index contributed by atoms with van der Waals surface area (Å²) >= 11 is 1.21. The Morgan fingerprint density at radius 2 is 1.68 bits per heavy atom. The third-order valence-electron chi connectivity index (χ3n) is 4.62. The topological polar surface area (TPSA) is 77.2 Å². The molecule has 0 fully saturated rings. The summed E-state index contributed by atoms with van der Waals surface area (Å²) in [7, 11) is 1.59. The number of aryl methyl sites for hydroxylation is 1. The summed E-state index contributed by atoms with van der Waals surface area (Å²) in [5.41, 5.74) is 3.40. The minimum atomic E-state index is -0.562. The Kier molecular flexibility index (Phi) is 6.33. The summed E-state index contributed by atoms with van der Waals surface area (Å²) in [4.78, 5) is 13.1. The fourth-order valence-electron chi connectivity index (χ4n) is 3.03. The highest BCUT2D eigenvalue weighted by Gasteiger charge is 2.25. The number of aromatic nitrogens is 2. The number of nitrogens with zero attached hydrogens (tertiary/aromatic N) is 2. The lowest BCUT2D eigenvalue weighted by Crippen LogP contribution is -2.19. The first-order valence-electron chi connectivity index (χ1n) is 9.70. The molecule has 0 saturated carbocycles. The van der Waals surface area contributed by atoms with Gasteiger partial charge in [-0.15, -0.1) is 10.2 Å². The largest absolute Gasteiger partial charge is 0.496 e. The lowest BCUT2D eigenvalue weighted by molar-refractivity contribution is -0.115. The van der Waals surface area contributed by atoms with E-state index in [2.05, 4.69) is 15.5 Å². The van der Waals surface area contributed by atoms with Gasteiger partial charge in [-0.25, -0.2) is 0 Å². The smallest absolute Gasteiger partial charge is 0.277 e. The zero-order valence-corrected chi connectivity index (χ0v) is 17.9. The molecular formula is C24H21N3O3S. The summed E-state index contributed by atoms with van der Waals surface area (Å²) in [6.45, 7) is 2.00. The van der Waals surface area contributed by atoms with Crippen molar-refractivity contribution in [1.29, 1.82) is 0 Å². The van der Waals surface area contributed by atoms with Gasteiger partial charge in [-0.05, 0) is 48.5 Å².